The van der Waals surface area contributed by atoms with E-state index in [2.05, 4.69) is 16.0 Å². The van der Waals surface area contributed by atoms with Crippen LogP contribution in [0.5, 0.6) is 0 Å². The normalized spacial score (nSPS) is 15.6. The van der Waals surface area contributed by atoms with Crippen molar-refractivity contribution >= 4 is 41.5 Å². The summed E-state index contributed by atoms with van der Waals surface area (Å²) in [6.45, 7) is 9.60. The van der Waals surface area contributed by atoms with Crippen LogP contribution in [0, 0.1) is 11.3 Å². The average molecular weight is 600 g/mol. The molecule has 1 saturated carbocycles. The zero-order chi connectivity index (χ0) is 32.6. The Kier molecular flexibility index (Phi) is 17.0. The highest BCUT2D eigenvalue weighted by atomic mass is 16.5. The van der Waals surface area contributed by atoms with Gasteiger partial charge in [0.2, 0.25) is 17.7 Å². The van der Waals surface area contributed by atoms with Gasteiger partial charge in [0.05, 0.1) is 12.6 Å². The van der Waals surface area contributed by atoms with Crippen LogP contribution in [0.15, 0.2) is 0 Å². The number of carboxylic acids is 1. The fourth-order valence-corrected chi connectivity index (χ4v) is 4.67. The number of aliphatic carboxylic acids is 1. The summed E-state index contributed by atoms with van der Waals surface area (Å²) < 4.78 is 5.21. The molecule has 15 nitrogen and oxygen atoms in total. The van der Waals surface area contributed by atoms with Crippen LogP contribution in [0.2, 0.25) is 0 Å². The zero-order valence-electron chi connectivity index (χ0n) is 25.6. The molecule has 15 heteroatoms. The molecular formula is C27H49N7O8. The summed E-state index contributed by atoms with van der Waals surface area (Å²) in [6, 6.07) is -3.02. The number of esters is 1. The Balaban J connectivity index is 0.00000393. The second-order valence-corrected chi connectivity index (χ2v) is 10.7. The number of carboxylic acid groups (broad SMARTS) is 1. The van der Waals surface area contributed by atoms with Gasteiger partial charge in [-0.25, -0.2) is 4.79 Å². The molecule has 0 spiro atoms. The van der Waals surface area contributed by atoms with E-state index in [0.29, 0.717) is 32.2 Å². The van der Waals surface area contributed by atoms with Crippen molar-refractivity contribution in [3.8, 4) is 0 Å². The van der Waals surface area contributed by atoms with E-state index < -0.39 is 59.2 Å². The highest BCUT2D eigenvalue weighted by Crippen LogP contribution is 2.37. The molecule has 0 aromatic rings. The molecule has 0 bridgehead atoms. The van der Waals surface area contributed by atoms with Gasteiger partial charge in [-0.1, -0.05) is 26.7 Å². The van der Waals surface area contributed by atoms with Crippen LogP contribution in [0.3, 0.4) is 0 Å². The molecule has 240 valence electrons. The predicted molar refractivity (Wildman–Crippen MR) is 155 cm³/mol. The van der Waals surface area contributed by atoms with E-state index in [4.69, 9.17) is 31.5 Å². The molecule has 42 heavy (non-hydrogen) atoms. The highest BCUT2D eigenvalue weighted by Gasteiger charge is 2.52. The third-order valence-electron chi connectivity index (χ3n) is 6.46. The van der Waals surface area contributed by atoms with Crippen molar-refractivity contribution in [1.82, 2.24) is 20.9 Å². The number of guanidine groups is 1. The Morgan fingerprint density at radius 2 is 1.57 bits per heavy atom. The molecule has 3 atom stereocenters. The van der Waals surface area contributed by atoms with Gasteiger partial charge in [0.25, 0.3) is 11.9 Å². The molecule has 1 rings (SSSR count). The number of hydrogen-bond acceptors (Lipinski definition) is 9. The fraction of sp³-hybridized carbons (Fsp3) is 0.741. The Morgan fingerprint density at radius 1 is 1.02 bits per heavy atom. The second-order valence-electron chi connectivity index (χ2n) is 10.7. The smallest absolute Gasteiger partial charge is 0.332 e. The van der Waals surface area contributed by atoms with Crippen molar-refractivity contribution in [1.29, 1.82) is 5.41 Å². The van der Waals surface area contributed by atoms with Gasteiger partial charge in [-0.3, -0.25) is 34.3 Å². The van der Waals surface area contributed by atoms with Crippen molar-refractivity contribution in [3.05, 3.63) is 0 Å². The Labute approximate surface area is 247 Å². The molecular weight excluding hydrogens is 550 g/mol. The molecule has 0 unspecified atom stereocenters. The monoisotopic (exact) mass is 599 g/mol. The Hall–Kier alpha value is -3.75. The Bertz CT molecular complexity index is 962. The molecule has 0 radical (unpaired) electrons. The zero-order valence-corrected chi connectivity index (χ0v) is 25.6. The molecule has 0 aromatic heterocycles. The second kappa shape index (κ2) is 18.6. The number of nitrogens with two attached hydrogens (primary N) is 2. The molecule has 0 saturated heterocycles. The quantitative estimate of drug-likeness (QED) is 0.0603. The van der Waals surface area contributed by atoms with E-state index in [1.54, 1.807) is 6.92 Å². The van der Waals surface area contributed by atoms with Crippen LogP contribution in [0.1, 0.15) is 86.5 Å². The molecule has 0 heterocycles. The molecule has 1 aliphatic rings. The van der Waals surface area contributed by atoms with Gasteiger partial charge in [-0.15, -0.1) is 0 Å². The number of imide groups is 1. The first kappa shape index (κ1) is 38.2. The van der Waals surface area contributed by atoms with Crippen LogP contribution in [-0.4, -0.2) is 88.3 Å². The molecule has 4 amide bonds. The van der Waals surface area contributed by atoms with Crippen molar-refractivity contribution in [2.75, 3.05) is 13.2 Å². The van der Waals surface area contributed by atoms with Gasteiger partial charge in [0, 0.05) is 20.4 Å². The van der Waals surface area contributed by atoms with Crippen molar-refractivity contribution < 1.29 is 38.6 Å². The van der Waals surface area contributed by atoms with Crippen molar-refractivity contribution in [2.45, 2.75) is 110 Å². The summed E-state index contributed by atoms with van der Waals surface area (Å²) in [5, 5.41) is 22.5. The summed E-state index contributed by atoms with van der Waals surface area (Å²) in [4.78, 5) is 74.7. The van der Waals surface area contributed by atoms with E-state index in [0.717, 1.165) is 11.8 Å². The summed E-state index contributed by atoms with van der Waals surface area (Å²) in [5.41, 5.74) is 9.86. The number of carbonyl (C=O) groups excluding carboxylic acids is 5. The lowest BCUT2D eigenvalue weighted by molar-refractivity contribution is -0.170. The van der Waals surface area contributed by atoms with E-state index in [1.807, 2.05) is 13.8 Å². The van der Waals surface area contributed by atoms with Gasteiger partial charge < -0.3 is 37.3 Å². The van der Waals surface area contributed by atoms with E-state index in [-0.39, 0.29) is 37.7 Å². The van der Waals surface area contributed by atoms with Crippen molar-refractivity contribution in [3.63, 3.8) is 0 Å². The van der Waals surface area contributed by atoms with Crippen LogP contribution in [0.25, 0.3) is 0 Å². The average Bonchev–Trinajstić information content (AvgIpc) is 3.35. The first-order valence-electron chi connectivity index (χ1n) is 14.2. The van der Waals surface area contributed by atoms with E-state index in [9.17, 15) is 24.0 Å². The van der Waals surface area contributed by atoms with Crippen LogP contribution < -0.4 is 27.4 Å². The third-order valence-corrected chi connectivity index (χ3v) is 6.46. The van der Waals surface area contributed by atoms with Crippen LogP contribution >= 0.6 is 0 Å². The molecule has 0 aromatic carbocycles. The number of rotatable bonds is 14. The standard InChI is InChI=1S/C25H45N7O6.C2H4O2/c1-6-38-23(37)25(11-7-8-12-25)32(17(5)33)22(36)16(4)30-21(35)19(10-9-13-29-24(27)28)31-20(34)18(26)14-15(2)3;1-2(3)4/h15-16,18-19H,6-14,26H2,1-5H3,(H,30,35)(H,31,34)(H4,27,28,29);1H3,(H,3,4)/t16-,18-,19-;/m0./s1. The summed E-state index contributed by atoms with van der Waals surface area (Å²) >= 11 is 0. The van der Waals surface area contributed by atoms with Gasteiger partial charge >= 0.3 is 5.97 Å². The first-order valence-corrected chi connectivity index (χ1v) is 14.2. The van der Waals surface area contributed by atoms with Crippen molar-refractivity contribution in [2.24, 2.45) is 17.4 Å². The lowest BCUT2D eigenvalue weighted by Crippen LogP contribution is -2.63. The molecule has 0 aliphatic heterocycles. The lowest BCUT2D eigenvalue weighted by atomic mass is 9.93. The van der Waals surface area contributed by atoms with Gasteiger partial charge in [-0.2, -0.15) is 0 Å². The van der Waals surface area contributed by atoms with E-state index in [1.165, 1.54) is 13.8 Å². The SMILES string of the molecule is CC(=O)O.CCOC(=O)C1(N(C(C)=O)C(=O)[C@H](C)NC(=O)[C@H](CCCNC(=N)N)NC(=O)[C@@H](N)CC(C)C)CCCC1. The number of ether oxygens (including phenoxy) is 1. The Morgan fingerprint density at radius 3 is 2.02 bits per heavy atom. The topological polar surface area (TPSA) is 247 Å². The lowest BCUT2D eigenvalue weighted by Gasteiger charge is -2.38. The minimum Gasteiger partial charge on any atom is -0.481 e. The number of nitrogens with zero attached hydrogens (tertiary/aromatic N) is 1. The predicted octanol–water partition coefficient (Wildman–Crippen LogP) is -0.0455. The fourth-order valence-electron chi connectivity index (χ4n) is 4.67. The first-order chi connectivity index (χ1) is 19.5. The highest BCUT2D eigenvalue weighted by molar-refractivity contribution is 6.04. The maximum Gasteiger partial charge on any atom is 0.332 e. The molecule has 1 fully saturated rings. The number of hydrogen-bond donors (Lipinski definition) is 7. The summed E-state index contributed by atoms with van der Waals surface area (Å²) in [6.07, 6.45) is 2.85. The van der Waals surface area contributed by atoms with Crippen LogP contribution in [0.4, 0.5) is 0 Å². The van der Waals surface area contributed by atoms with Gasteiger partial charge in [0.15, 0.2) is 5.96 Å². The molecule has 9 N–H and O–H groups in total. The summed E-state index contributed by atoms with van der Waals surface area (Å²) in [5.74, 6) is -4.03. The maximum atomic E-state index is 13.5. The molecule has 1 aliphatic carbocycles. The third kappa shape index (κ3) is 12.8. The van der Waals surface area contributed by atoms with Gasteiger partial charge in [-0.05, 0) is 51.9 Å². The minimum atomic E-state index is -1.41. The van der Waals surface area contributed by atoms with Crippen LogP contribution in [-0.2, 0) is 33.5 Å². The summed E-state index contributed by atoms with van der Waals surface area (Å²) in [7, 11) is 0. The largest absolute Gasteiger partial charge is 0.481 e. The number of carbonyl (C=O) groups is 6. The minimum absolute atomic E-state index is 0.103. The van der Waals surface area contributed by atoms with Gasteiger partial charge in [0.1, 0.15) is 17.6 Å². The number of amides is 4. The van der Waals surface area contributed by atoms with E-state index >= 15 is 0 Å². The maximum absolute atomic E-state index is 13.5. The number of nitrogens with one attached hydrogen (secondary N) is 4.